The lowest BCUT2D eigenvalue weighted by atomic mass is 10.1. The number of fused-ring (bicyclic) bond motifs is 1. The second-order valence-electron chi connectivity index (χ2n) is 6.69. The maximum absolute atomic E-state index is 12.8. The zero-order chi connectivity index (χ0) is 21.8. The smallest absolute Gasteiger partial charge is 0.387 e. The summed E-state index contributed by atoms with van der Waals surface area (Å²) in [5.41, 5.74) is 2.35. The summed E-state index contributed by atoms with van der Waals surface area (Å²) in [6.07, 6.45) is 5.05. The Morgan fingerprint density at radius 3 is 2.94 bits per heavy atom. The van der Waals surface area contributed by atoms with Gasteiger partial charge in [0.15, 0.2) is 0 Å². The highest BCUT2D eigenvalue weighted by Gasteiger charge is 2.18. The molecule has 0 radical (unpaired) electrons. The van der Waals surface area contributed by atoms with Crippen LogP contribution in [-0.4, -0.2) is 55.1 Å². The maximum atomic E-state index is 12.8. The van der Waals surface area contributed by atoms with Gasteiger partial charge in [-0.15, -0.1) is 0 Å². The Bertz CT molecular complexity index is 1150. The second-order valence-corrected chi connectivity index (χ2v) is 6.69. The topological polar surface area (TPSA) is 93.2 Å². The Hall–Kier alpha value is -3.55. The van der Waals surface area contributed by atoms with Gasteiger partial charge < -0.3 is 19.5 Å². The number of nitrogens with one attached hydrogen (secondary N) is 1. The van der Waals surface area contributed by atoms with E-state index in [0.29, 0.717) is 35.7 Å². The molecule has 0 aliphatic carbocycles. The highest BCUT2D eigenvalue weighted by Crippen LogP contribution is 2.36. The summed E-state index contributed by atoms with van der Waals surface area (Å²) in [5.74, 6) is -0.128. The average Bonchev–Trinajstić information content (AvgIpc) is 3.20. The summed E-state index contributed by atoms with van der Waals surface area (Å²) in [6.45, 7) is -0.886. The highest BCUT2D eigenvalue weighted by molar-refractivity contribution is 5.73. The fourth-order valence-corrected chi connectivity index (χ4v) is 3.31. The summed E-state index contributed by atoms with van der Waals surface area (Å²) >= 11 is 0. The van der Waals surface area contributed by atoms with E-state index in [2.05, 4.69) is 20.0 Å². The molecule has 1 aromatic carbocycles. The van der Waals surface area contributed by atoms with Gasteiger partial charge in [-0.2, -0.15) is 14.0 Å². The molecule has 160 valence electrons. The minimum Gasteiger partial charge on any atom is -0.495 e. The fourth-order valence-electron chi connectivity index (χ4n) is 3.31. The normalized spacial score (nSPS) is 16.7. The van der Waals surface area contributed by atoms with Crippen molar-refractivity contribution in [2.45, 2.75) is 12.7 Å². The Morgan fingerprint density at radius 1 is 1.39 bits per heavy atom. The van der Waals surface area contributed by atoms with E-state index in [1.807, 2.05) is 12.1 Å². The number of hydrogen-bond acceptors (Lipinski definition) is 7. The van der Waals surface area contributed by atoms with Crippen molar-refractivity contribution in [3.63, 3.8) is 0 Å². The van der Waals surface area contributed by atoms with Crippen molar-refractivity contribution in [1.82, 2.24) is 14.7 Å². The lowest BCUT2D eigenvalue weighted by Gasteiger charge is -2.19. The van der Waals surface area contributed by atoms with Crippen molar-refractivity contribution in [3.8, 4) is 28.8 Å². The zero-order valence-electron chi connectivity index (χ0n) is 16.6. The standard InChI is InChI=1S/C21H19F2N5O3/c1-29-18-6-13(7-19(16(18)9-24)31-21(22)23)17-12-27-20-8-14(2-4-28(17)20)26-11-15-10-25-3-5-30-15/h2,4,6-8,11-12,15,21,25H,3,5,10H2,1H3/t15-/m1/s1. The van der Waals surface area contributed by atoms with Crippen LogP contribution in [-0.2, 0) is 4.74 Å². The van der Waals surface area contributed by atoms with Crippen LogP contribution in [0.1, 0.15) is 5.56 Å². The van der Waals surface area contributed by atoms with Crippen LogP contribution in [0.2, 0.25) is 0 Å². The number of benzene rings is 1. The van der Waals surface area contributed by atoms with Gasteiger partial charge in [0.2, 0.25) is 0 Å². The first kappa shape index (κ1) is 20.7. The Balaban J connectivity index is 1.68. The third kappa shape index (κ3) is 4.47. The average molecular weight is 427 g/mol. The number of rotatable bonds is 6. The highest BCUT2D eigenvalue weighted by atomic mass is 19.3. The van der Waals surface area contributed by atoms with Crippen LogP contribution < -0.4 is 14.8 Å². The summed E-state index contributed by atoms with van der Waals surface area (Å²) in [5, 5.41) is 12.5. The molecule has 1 saturated heterocycles. The van der Waals surface area contributed by atoms with Crippen LogP contribution >= 0.6 is 0 Å². The molecular weight excluding hydrogens is 408 g/mol. The molecule has 0 amide bonds. The molecule has 3 aromatic rings. The predicted molar refractivity (Wildman–Crippen MR) is 109 cm³/mol. The number of halogens is 2. The number of aliphatic imine (C=N–C) groups is 1. The molecule has 10 heteroatoms. The molecule has 0 spiro atoms. The van der Waals surface area contributed by atoms with Gasteiger partial charge >= 0.3 is 6.61 Å². The first-order valence-electron chi connectivity index (χ1n) is 9.50. The Morgan fingerprint density at radius 2 is 2.23 bits per heavy atom. The van der Waals surface area contributed by atoms with E-state index in [1.54, 1.807) is 35.1 Å². The molecule has 0 unspecified atom stereocenters. The first-order valence-corrected chi connectivity index (χ1v) is 9.50. The third-order valence-corrected chi connectivity index (χ3v) is 4.75. The van der Waals surface area contributed by atoms with Crippen LogP contribution in [0, 0.1) is 11.3 Å². The molecule has 1 fully saturated rings. The van der Waals surface area contributed by atoms with Crippen LogP contribution in [0.15, 0.2) is 41.7 Å². The largest absolute Gasteiger partial charge is 0.495 e. The molecule has 1 N–H and O–H groups in total. The quantitative estimate of drug-likeness (QED) is 0.608. The van der Waals surface area contributed by atoms with Crippen LogP contribution in [0.5, 0.6) is 11.5 Å². The summed E-state index contributed by atoms with van der Waals surface area (Å²) in [7, 11) is 1.36. The van der Waals surface area contributed by atoms with E-state index in [4.69, 9.17) is 9.47 Å². The van der Waals surface area contributed by atoms with E-state index in [9.17, 15) is 14.0 Å². The lowest BCUT2D eigenvalue weighted by molar-refractivity contribution is -0.0500. The maximum Gasteiger partial charge on any atom is 0.387 e. The minimum atomic E-state index is -3.07. The molecule has 2 aromatic heterocycles. The number of nitrogens with zero attached hydrogens (tertiary/aromatic N) is 4. The van der Waals surface area contributed by atoms with Crippen LogP contribution in [0.4, 0.5) is 14.5 Å². The fraction of sp³-hybridized carbons (Fsp3) is 0.286. The Kier molecular flexibility index (Phi) is 6.06. The van der Waals surface area contributed by atoms with Crippen molar-refractivity contribution < 1.29 is 23.0 Å². The second kappa shape index (κ2) is 9.07. The number of ether oxygens (including phenoxy) is 3. The van der Waals surface area contributed by atoms with Crippen molar-refractivity contribution in [3.05, 3.63) is 42.2 Å². The molecule has 0 saturated carbocycles. The number of methoxy groups -OCH3 is 1. The number of alkyl halides is 2. The van der Waals surface area contributed by atoms with Gasteiger partial charge in [-0.05, 0) is 18.2 Å². The zero-order valence-corrected chi connectivity index (χ0v) is 16.6. The van der Waals surface area contributed by atoms with E-state index in [1.165, 1.54) is 13.2 Å². The molecular formula is C21H19F2N5O3. The number of hydrogen-bond donors (Lipinski definition) is 1. The Labute approximate surface area is 176 Å². The van der Waals surface area contributed by atoms with Crippen molar-refractivity contribution in [2.75, 3.05) is 26.8 Å². The summed E-state index contributed by atoms with van der Waals surface area (Å²) < 4.78 is 42.8. The third-order valence-electron chi connectivity index (χ3n) is 4.75. The number of imidazole rings is 1. The predicted octanol–water partition coefficient (Wildman–Crippen LogP) is 3.17. The molecule has 3 heterocycles. The summed E-state index contributed by atoms with van der Waals surface area (Å²) in [4.78, 5) is 8.85. The SMILES string of the molecule is COc1cc(-c2cnc3cc(N=C[C@H]4CNCCO4)ccn23)cc(OC(F)F)c1C#N. The van der Waals surface area contributed by atoms with E-state index >= 15 is 0 Å². The van der Waals surface area contributed by atoms with Crippen molar-refractivity contribution in [1.29, 1.82) is 5.26 Å². The lowest BCUT2D eigenvalue weighted by Crippen LogP contribution is -2.39. The number of pyridine rings is 1. The van der Waals surface area contributed by atoms with Crippen molar-refractivity contribution >= 4 is 17.5 Å². The van der Waals surface area contributed by atoms with Gasteiger partial charge in [0.25, 0.3) is 0 Å². The number of nitriles is 1. The minimum absolute atomic E-state index is 0.0837. The first-order chi connectivity index (χ1) is 15.1. The molecule has 0 bridgehead atoms. The van der Waals surface area contributed by atoms with Crippen LogP contribution in [0.3, 0.4) is 0 Å². The van der Waals surface area contributed by atoms with Crippen LogP contribution in [0.25, 0.3) is 16.9 Å². The molecule has 1 atom stereocenters. The van der Waals surface area contributed by atoms with Gasteiger partial charge in [0, 0.05) is 37.1 Å². The molecule has 1 aliphatic heterocycles. The van der Waals surface area contributed by atoms with E-state index in [0.717, 1.165) is 6.54 Å². The monoisotopic (exact) mass is 427 g/mol. The number of aromatic nitrogens is 2. The summed E-state index contributed by atoms with van der Waals surface area (Å²) in [6, 6.07) is 8.40. The molecule has 8 nitrogen and oxygen atoms in total. The van der Waals surface area contributed by atoms with Gasteiger partial charge in [-0.3, -0.25) is 9.39 Å². The molecule has 31 heavy (non-hydrogen) atoms. The van der Waals surface area contributed by atoms with Gasteiger partial charge in [0.05, 0.1) is 31.3 Å². The number of morpholine rings is 1. The van der Waals surface area contributed by atoms with Gasteiger partial charge in [-0.1, -0.05) is 0 Å². The van der Waals surface area contributed by atoms with E-state index in [-0.39, 0.29) is 23.2 Å². The van der Waals surface area contributed by atoms with Gasteiger partial charge in [-0.25, -0.2) is 4.98 Å². The molecule has 1 aliphatic rings. The molecule has 4 rings (SSSR count). The van der Waals surface area contributed by atoms with Crippen molar-refractivity contribution in [2.24, 2.45) is 4.99 Å². The van der Waals surface area contributed by atoms with Gasteiger partial charge in [0.1, 0.15) is 34.9 Å². The van der Waals surface area contributed by atoms with E-state index < -0.39 is 6.61 Å².